The molecule has 0 saturated heterocycles. The van der Waals surface area contributed by atoms with Crippen LogP contribution in [0.25, 0.3) is 0 Å². The average molecular weight is 295 g/mol. The number of rotatable bonds is 9. The molecule has 6 heteroatoms. The summed E-state index contributed by atoms with van der Waals surface area (Å²) in [6.45, 7) is 10.9. The molecule has 0 fully saturated rings. The number of hydrogen-bond acceptors (Lipinski definition) is 6. The number of ether oxygens (including phenoxy) is 1. The minimum absolute atomic E-state index is 0.542. The molecule has 1 heterocycles. The van der Waals surface area contributed by atoms with Crippen molar-refractivity contribution in [1.82, 2.24) is 9.97 Å². The number of methoxy groups -OCH3 is 1. The molecule has 0 aliphatic rings. The van der Waals surface area contributed by atoms with Crippen LogP contribution in [0.15, 0.2) is 0 Å². The van der Waals surface area contributed by atoms with E-state index in [4.69, 9.17) is 15.6 Å². The van der Waals surface area contributed by atoms with Crippen LogP contribution in [0.2, 0.25) is 0 Å². The standard InChI is InChI=1S/C15H29N5O/c1-6-7-13-17-14(19-16)12(4)15(18-13)20(8-9-21-5)10-11(2)3/h11H,6-10,16H2,1-5H3,(H,17,18,19). The zero-order valence-corrected chi connectivity index (χ0v) is 13.9. The van der Waals surface area contributed by atoms with Gasteiger partial charge in [-0.15, -0.1) is 0 Å². The molecule has 0 saturated carbocycles. The van der Waals surface area contributed by atoms with Gasteiger partial charge < -0.3 is 15.1 Å². The van der Waals surface area contributed by atoms with E-state index in [1.54, 1.807) is 7.11 Å². The lowest BCUT2D eigenvalue weighted by atomic mass is 10.2. The highest BCUT2D eigenvalue weighted by molar-refractivity contribution is 5.58. The first-order valence-corrected chi connectivity index (χ1v) is 7.61. The number of hydrazine groups is 1. The van der Waals surface area contributed by atoms with E-state index in [0.29, 0.717) is 18.3 Å². The Hall–Kier alpha value is -1.40. The smallest absolute Gasteiger partial charge is 0.148 e. The van der Waals surface area contributed by atoms with E-state index < -0.39 is 0 Å². The lowest BCUT2D eigenvalue weighted by molar-refractivity contribution is 0.204. The van der Waals surface area contributed by atoms with Crippen molar-refractivity contribution in [1.29, 1.82) is 0 Å². The molecule has 0 amide bonds. The fraction of sp³-hybridized carbons (Fsp3) is 0.733. The Balaban J connectivity index is 3.16. The largest absolute Gasteiger partial charge is 0.383 e. The van der Waals surface area contributed by atoms with E-state index in [-0.39, 0.29) is 0 Å². The summed E-state index contributed by atoms with van der Waals surface area (Å²) < 4.78 is 5.22. The number of nitrogens with zero attached hydrogens (tertiary/aromatic N) is 3. The second kappa shape index (κ2) is 8.79. The van der Waals surface area contributed by atoms with Gasteiger partial charge in [0.1, 0.15) is 17.5 Å². The van der Waals surface area contributed by atoms with Gasteiger partial charge in [0.2, 0.25) is 0 Å². The second-order valence-electron chi connectivity index (χ2n) is 5.66. The summed E-state index contributed by atoms with van der Waals surface area (Å²) in [6, 6.07) is 0. The molecule has 0 aliphatic carbocycles. The molecule has 3 N–H and O–H groups in total. The highest BCUT2D eigenvalue weighted by atomic mass is 16.5. The van der Waals surface area contributed by atoms with Crippen molar-refractivity contribution >= 4 is 11.6 Å². The number of aryl methyl sites for hydroxylation is 1. The lowest BCUT2D eigenvalue weighted by Gasteiger charge is -2.27. The summed E-state index contributed by atoms with van der Waals surface area (Å²) >= 11 is 0. The van der Waals surface area contributed by atoms with Crippen molar-refractivity contribution in [2.24, 2.45) is 11.8 Å². The van der Waals surface area contributed by atoms with Crippen LogP contribution in [0.4, 0.5) is 11.6 Å². The molecule has 1 aromatic heterocycles. The van der Waals surface area contributed by atoms with Crippen molar-refractivity contribution in [3.8, 4) is 0 Å². The molecular weight excluding hydrogens is 266 g/mol. The Morgan fingerprint density at radius 1 is 1.33 bits per heavy atom. The fourth-order valence-corrected chi connectivity index (χ4v) is 2.26. The lowest BCUT2D eigenvalue weighted by Crippen LogP contribution is -2.33. The van der Waals surface area contributed by atoms with Crippen molar-refractivity contribution in [2.45, 2.75) is 40.5 Å². The van der Waals surface area contributed by atoms with E-state index in [0.717, 1.165) is 43.1 Å². The van der Waals surface area contributed by atoms with Crippen molar-refractivity contribution in [2.75, 3.05) is 37.1 Å². The molecule has 0 aliphatic heterocycles. The van der Waals surface area contributed by atoms with Crippen LogP contribution in [0.3, 0.4) is 0 Å². The third kappa shape index (κ3) is 5.13. The van der Waals surface area contributed by atoms with Gasteiger partial charge in [-0.3, -0.25) is 0 Å². The molecular formula is C15H29N5O. The van der Waals surface area contributed by atoms with Gasteiger partial charge in [0.05, 0.1) is 6.61 Å². The van der Waals surface area contributed by atoms with E-state index >= 15 is 0 Å². The van der Waals surface area contributed by atoms with Crippen LogP contribution in [-0.2, 0) is 11.2 Å². The molecule has 0 spiro atoms. The first-order valence-electron chi connectivity index (χ1n) is 7.61. The fourth-order valence-electron chi connectivity index (χ4n) is 2.26. The van der Waals surface area contributed by atoms with Crippen molar-refractivity contribution in [3.05, 3.63) is 11.4 Å². The molecule has 1 aromatic rings. The minimum atomic E-state index is 0.542. The Labute approximate surface area is 128 Å². The summed E-state index contributed by atoms with van der Waals surface area (Å²) in [6.07, 6.45) is 1.86. The summed E-state index contributed by atoms with van der Waals surface area (Å²) in [5.74, 6) is 8.63. The van der Waals surface area contributed by atoms with Crippen LogP contribution in [0, 0.1) is 12.8 Å². The number of nitrogen functional groups attached to an aromatic ring is 1. The van der Waals surface area contributed by atoms with E-state index in [1.165, 1.54) is 0 Å². The van der Waals surface area contributed by atoms with Crippen LogP contribution in [-0.4, -0.2) is 36.8 Å². The normalized spacial score (nSPS) is 11.0. The molecule has 0 radical (unpaired) electrons. The van der Waals surface area contributed by atoms with Gasteiger partial charge >= 0.3 is 0 Å². The van der Waals surface area contributed by atoms with E-state index in [2.05, 4.69) is 36.1 Å². The molecule has 1 rings (SSSR count). The third-order valence-corrected chi connectivity index (χ3v) is 3.23. The predicted molar refractivity (Wildman–Crippen MR) is 87.5 cm³/mol. The second-order valence-corrected chi connectivity index (χ2v) is 5.66. The Morgan fingerprint density at radius 2 is 2.05 bits per heavy atom. The number of nitrogens with one attached hydrogen (secondary N) is 1. The summed E-state index contributed by atoms with van der Waals surface area (Å²) in [5.41, 5.74) is 3.67. The Bertz CT molecular complexity index is 436. The number of anilines is 2. The Morgan fingerprint density at radius 3 is 2.57 bits per heavy atom. The monoisotopic (exact) mass is 295 g/mol. The average Bonchev–Trinajstić information content (AvgIpc) is 2.45. The molecule has 0 unspecified atom stereocenters. The van der Waals surface area contributed by atoms with Gasteiger partial charge in [0.15, 0.2) is 0 Å². The maximum absolute atomic E-state index is 5.60. The third-order valence-electron chi connectivity index (χ3n) is 3.23. The highest BCUT2D eigenvalue weighted by Gasteiger charge is 2.17. The van der Waals surface area contributed by atoms with Crippen LogP contribution in [0.1, 0.15) is 38.6 Å². The first kappa shape index (κ1) is 17.7. The number of hydrogen-bond donors (Lipinski definition) is 2. The first-order chi connectivity index (χ1) is 10.0. The minimum Gasteiger partial charge on any atom is -0.383 e. The molecule has 6 nitrogen and oxygen atoms in total. The SMILES string of the molecule is CCCc1nc(NN)c(C)c(N(CCOC)CC(C)C)n1. The van der Waals surface area contributed by atoms with Crippen LogP contribution < -0.4 is 16.2 Å². The van der Waals surface area contributed by atoms with Gasteiger partial charge in [-0.05, 0) is 19.3 Å². The summed E-state index contributed by atoms with van der Waals surface area (Å²) in [4.78, 5) is 11.5. The number of aromatic nitrogens is 2. The molecule has 120 valence electrons. The van der Waals surface area contributed by atoms with Crippen LogP contribution in [0.5, 0.6) is 0 Å². The van der Waals surface area contributed by atoms with Crippen molar-refractivity contribution in [3.63, 3.8) is 0 Å². The Kier molecular flexibility index (Phi) is 7.39. The highest BCUT2D eigenvalue weighted by Crippen LogP contribution is 2.24. The zero-order chi connectivity index (χ0) is 15.8. The zero-order valence-electron chi connectivity index (χ0n) is 13.9. The molecule has 0 aromatic carbocycles. The summed E-state index contributed by atoms with van der Waals surface area (Å²) in [7, 11) is 1.72. The maximum atomic E-state index is 5.60. The van der Waals surface area contributed by atoms with Crippen molar-refractivity contribution < 1.29 is 4.74 Å². The molecule has 0 atom stereocenters. The number of nitrogens with two attached hydrogens (primary N) is 1. The van der Waals surface area contributed by atoms with Crippen LogP contribution >= 0.6 is 0 Å². The molecule has 21 heavy (non-hydrogen) atoms. The van der Waals surface area contributed by atoms with Gasteiger partial charge in [-0.2, -0.15) is 0 Å². The van der Waals surface area contributed by atoms with Gasteiger partial charge in [-0.25, -0.2) is 15.8 Å². The van der Waals surface area contributed by atoms with Gasteiger partial charge in [0, 0.05) is 32.2 Å². The predicted octanol–water partition coefficient (Wildman–Crippen LogP) is 2.13. The topological polar surface area (TPSA) is 76.3 Å². The van der Waals surface area contributed by atoms with Gasteiger partial charge in [-0.1, -0.05) is 20.8 Å². The maximum Gasteiger partial charge on any atom is 0.148 e. The van der Waals surface area contributed by atoms with E-state index in [9.17, 15) is 0 Å². The van der Waals surface area contributed by atoms with Gasteiger partial charge in [0.25, 0.3) is 0 Å². The summed E-state index contributed by atoms with van der Waals surface area (Å²) in [5, 5.41) is 0. The molecule has 0 bridgehead atoms. The quantitative estimate of drug-likeness (QED) is 0.537. The van der Waals surface area contributed by atoms with E-state index in [1.807, 2.05) is 6.92 Å².